The van der Waals surface area contributed by atoms with Crippen molar-refractivity contribution in [3.05, 3.63) is 33.6 Å². The summed E-state index contributed by atoms with van der Waals surface area (Å²) < 4.78 is 6.80. The molecule has 0 fully saturated rings. The molecule has 4 nitrogen and oxygen atoms in total. The van der Waals surface area contributed by atoms with Crippen molar-refractivity contribution in [1.82, 2.24) is 4.57 Å². The smallest absolute Gasteiger partial charge is 0.253 e. The summed E-state index contributed by atoms with van der Waals surface area (Å²) in [6, 6.07) is 3.66. The van der Waals surface area contributed by atoms with Gasteiger partial charge in [-0.25, -0.2) is 0 Å². The fourth-order valence-electron chi connectivity index (χ4n) is 2.06. The van der Waals surface area contributed by atoms with E-state index in [0.29, 0.717) is 11.4 Å². The molecule has 0 unspecified atom stereocenters. The van der Waals surface area contributed by atoms with Crippen LogP contribution in [0.15, 0.2) is 16.9 Å². The minimum atomic E-state index is 0.0156. The van der Waals surface area contributed by atoms with Crippen molar-refractivity contribution in [2.45, 2.75) is 13.8 Å². The second kappa shape index (κ2) is 3.80. The highest BCUT2D eigenvalue weighted by atomic mass is 16.5. The molecule has 17 heavy (non-hydrogen) atoms. The molecule has 1 heterocycles. The molecule has 0 saturated carbocycles. The molecule has 0 aliphatic rings. The first kappa shape index (κ1) is 11.5. The van der Waals surface area contributed by atoms with E-state index >= 15 is 0 Å². The van der Waals surface area contributed by atoms with Gasteiger partial charge in [0.25, 0.3) is 5.56 Å². The van der Waals surface area contributed by atoms with Crippen LogP contribution in [0.4, 0.5) is 5.69 Å². The summed E-state index contributed by atoms with van der Waals surface area (Å²) in [6.07, 6.45) is 0. The summed E-state index contributed by atoms with van der Waals surface area (Å²) >= 11 is 0. The Labute approximate surface area is 99.6 Å². The molecule has 2 N–H and O–H groups in total. The zero-order valence-electron chi connectivity index (χ0n) is 10.5. The molecule has 2 aromatic rings. The molecule has 0 saturated heterocycles. The largest absolute Gasteiger partial charge is 0.495 e. The maximum atomic E-state index is 12.0. The number of nitrogens with zero attached hydrogens (tertiary/aromatic N) is 1. The number of aromatic nitrogens is 1. The molecule has 0 bridgehead atoms. The predicted octanol–water partition coefficient (Wildman–Crippen LogP) is 1.75. The summed E-state index contributed by atoms with van der Waals surface area (Å²) in [5.74, 6) is 0.593. The van der Waals surface area contributed by atoms with Crippen LogP contribution < -0.4 is 16.0 Å². The lowest BCUT2D eigenvalue weighted by Crippen LogP contribution is -2.21. The van der Waals surface area contributed by atoms with Gasteiger partial charge in [-0.2, -0.15) is 0 Å². The molecule has 1 aromatic heterocycles. The normalized spacial score (nSPS) is 10.8. The Hall–Kier alpha value is -1.97. The summed E-state index contributed by atoms with van der Waals surface area (Å²) in [6.45, 7) is 3.77. The van der Waals surface area contributed by atoms with E-state index in [2.05, 4.69) is 0 Å². The second-order valence-electron chi connectivity index (χ2n) is 4.23. The number of aryl methyl sites for hydroxylation is 2. The number of nitrogen functional groups attached to an aromatic ring is 1. The Morgan fingerprint density at radius 2 is 1.88 bits per heavy atom. The van der Waals surface area contributed by atoms with Crippen LogP contribution in [-0.2, 0) is 7.05 Å². The Morgan fingerprint density at radius 1 is 1.24 bits per heavy atom. The molecule has 0 amide bonds. The van der Waals surface area contributed by atoms with E-state index in [1.807, 2.05) is 19.9 Å². The van der Waals surface area contributed by atoms with Gasteiger partial charge in [0.05, 0.1) is 18.3 Å². The van der Waals surface area contributed by atoms with Crippen LogP contribution >= 0.6 is 0 Å². The molecular formula is C13H16N2O2. The van der Waals surface area contributed by atoms with Crippen molar-refractivity contribution in [1.29, 1.82) is 0 Å². The highest BCUT2D eigenvalue weighted by Crippen LogP contribution is 2.29. The number of nitrogens with two attached hydrogens (primary N) is 1. The molecule has 4 heteroatoms. The van der Waals surface area contributed by atoms with Gasteiger partial charge in [-0.1, -0.05) is 0 Å². The third kappa shape index (κ3) is 1.56. The second-order valence-corrected chi connectivity index (χ2v) is 4.23. The molecule has 0 aliphatic heterocycles. The van der Waals surface area contributed by atoms with Gasteiger partial charge in [0.2, 0.25) is 0 Å². The van der Waals surface area contributed by atoms with Crippen molar-refractivity contribution < 1.29 is 4.74 Å². The first-order valence-electron chi connectivity index (χ1n) is 5.40. The van der Waals surface area contributed by atoms with Crippen LogP contribution in [0.25, 0.3) is 10.9 Å². The lowest BCUT2D eigenvalue weighted by atomic mass is 10.0. The number of pyridine rings is 1. The predicted molar refractivity (Wildman–Crippen MR) is 69.6 cm³/mol. The summed E-state index contributed by atoms with van der Waals surface area (Å²) in [5, 5.41) is 0.989. The molecular weight excluding hydrogens is 216 g/mol. The summed E-state index contributed by atoms with van der Waals surface area (Å²) in [7, 11) is 3.32. The van der Waals surface area contributed by atoms with Gasteiger partial charge < -0.3 is 15.0 Å². The molecule has 1 aromatic carbocycles. The fourth-order valence-corrected chi connectivity index (χ4v) is 2.06. The minimum Gasteiger partial charge on any atom is -0.495 e. The van der Waals surface area contributed by atoms with E-state index in [9.17, 15) is 4.79 Å². The SMILES string of the molecule is COc1cc2c(cc1N)c(C)c(C)c(=O)n2C. The lowest BCUT2D eigenvalue weighted by Gasteiger charge is -2.13. The van der Waals surface area contributed by atoms with Crippen molar-refractivity contribution in [2.75, 3.05) is 12.8 Å². The Bertz CT molecular complexity index is 657. The van der Waals surface area contributed by atoms with E-state index in [-0.39, 0.29) is 5.56 Å². The number of ether oxygens (including phenoxy) is 1. The monoisotopic (exact) mass is 232 g/mol. The standard InChI is InChI=1S/C13H16N2O2/c1-7-8(2)13(16)15(3)11-6-12(17-4)10(14)5-9(7)11/h5-6H,14H2,1-4H3. The molecule has 0 atom stereocenters. The Kier molecular flexibility index (Phi) is 2.58. The molecule has 0 spiro atoms. The molecule has 90 valence electrons. The molecule has 0 aliphatic carbocycles. The van der Waals surface area contributed by atoms with Crippen LogP contribution in [0.5, 0.6) is 5.75 Å². The zero-order chi connectivity index (χ0) is 12.7. The van der Waals surface area contributed by atoms with Gasteiger partial charge in [0.1, 0.15) is 5.75 Å². The average Bonchev–Trinajstić information content (AvgIpc) is 2.33. The highest BCUT2D eigenvalue weighted by Gasteiger charge is 2.11. The average molecular weight is 232 g/mol. The van der Waals surface area contributed by atoms with Gasteiger partial charge in [0, 0.05) is 24.1 Å². The zero-order valence-corrected chi connectivity index (χ0v) is 10.5. The third-order valence-electron chi connectivity index (χ3n) is 3.30. The Balaban J connectivity index is 3.01. The van der Waals surface area contributed by atoms with Gasteiger partial charge in [-0.05, 0) is 25.5 Å². The fraction of sp³-hybridized carbons (Fsp3) is 0.308. The van der Waals surface area contributed by atoms with Crippen molar-refractivity contribution >= 4 is 16.6 Å². The Morgan fingerprint density at radius 3 is 2.47 bits per heavy atom. The van der Waals surface area contributed by atoms with Crippen LogP contribution in [0.2, 0.25) is 0 Å². The van der Waals surface area contributed by atoms with E-state index in [0.717, 1.165) is 22.0 Å². The number of methoxy groups -OCH3 is 1. The first-order valence-corrected chi connectivity index (χ1v) is 5.40. The summed E-state index contributed by atoms with van der Waals surface area (Å²) in [5.41, 5.74) is 9.05. The minimum absolute atomic E-state index is 0.0156. The van der Waals surface area contributed by atoms with Crippen LogP contribution in [0.1, 0.15) is 11.1 Å². The lowest BCUT2D eigenvalue weighted by molar-refractivity contribution is 0.417. The first-order chi connectivity index (χ1) is 7.97. The highest BCUT2D eigenvalue weighted by molar-refractivity contribution is 5.88. The maximum Gasteiger partial charge on any atom is 0.253 e. The summed E-state index contributed by atoms with van der Waals surface area (Å²) in [4.78, 5) is 12.0. The van der Waals surface area contributed by atoms with Gasteiger partial charge >= 0.3 is 0 Å². The van der Waals surface area contributed by atoms with Gasteiger partial charge in [0.15, 0.2) is 0 Å². The van der Waals surface area contributed by atoms with Crippen LogP contribution in [-0.4, -0.2) is 11.7 Å². The number of benzene rings is 1. The van der Waals surface area contributed by atoms with Crippen molar-refractivity contribution in [3.63, 3.8) is 0 Å². The van der Waals surface area contributed by atoms with E-state index in [1.54, 1.807) is 24.8 Å². The number of hydrogen-bond acceptors (Lipinski definition) is 3. The number of hydrogen-bond donors (Lipinski definition) is 1. The number of rotatable bonds is 1. The van der Waals surface area contributed by atoms with E-state index < -0.39 is 0 Å². The van der Waals surface area contributed by atoms with E-state index in [1.165, 1.54) is 0 Å². The topological polar surface area (TPSA) is 57.2 Å². The molecule has 0 radical (unpaired) electrons. The van der Waals surface area contributed by atoms with Crippen LogP contribution in [0, 0.1) is 13.8 Å². The van der Waals surface area contributed by atoms with E-state index in [4.69, 9.17) is 10.5 Å². The van der Waals surface area contributed by atoms with Gasteiger partial charge in [-0.15, -0.1) is 0 Å². The van der Waals surface area contributed by atoms with Crippen molar-refractivity contribution in [2.24, 2.45) is 7.05 Å². The van der Waals surface area contributed by atoms with Crippen molar-refractivity contribution in [3.8, 4) is 5.75 Å². The third-order valence-corrected chi connectivity index (χ3v) is 3.30. The quantitative estimate of drug-likeness (QED) is 0.762. The molecule has 2 rings (SSSR count). The van der Waals surface area contributed by atoms with Crippen LogP contribution in [0.3, 0.4) is 0 Å². The number of fused-ring (bicyclic) bond motifs is 1. The maximum absolute atomic E-state index is 12.0. The van der Waals surface area contributed by atoms with Gasteiger partial charge in [-0.3, -0.25) is 4.79 Å². The number of anilines is 1.